The van der Waals surface area contributed by atoms with Gasteiger partial charge >= 0.3 is 5.97 Å². The van der Waals surface area contributed by atoms with Crippen LogP contribution in [0.1, 0.15) is 27.4 Å². The summed E-state index contributed by atoms with van der Waals surface area (Å²) in [5.41, 5.74) is 3.90. The summed E-state index contributed by atoms with van der Waals surface area (Å²) in [6.07, 6.45) is 0. The minimum absolute atomic E-state index is 0.353. The van der Waals surface area contributed by atoms with Crippen LogP contribution in [0.4, 0.5) is 5.69 Å². The third kappa shape index (κ3) is 2.27. The number of benzene rings is 2. The van der Waals surface area contributed by atoms with Crippen LogP contribution in [0.25, 0.3) is 0 Å². The van der Waals surface area contributed by atoms with E-state index >= 15 is 0 Å². The van der Waals surface area contributed by atoms with Crippen LogP contribution < -0.4 is 4.90 Å². The number of aryl methyl sites for hydroxylation is 1. The van der Waals surface area contributed by atoms with Crippen LogP contribution in [0.2, 0.25) is 0 Å². The fourth-order valence-electron chi connectivity index (χ4n) is 2.75. The average molecular weight is 267 g/mol. The summed E-state index contributed by atoms with van der Waals surface area (Å²) in [6, 6.07) is 15.9. The molecular formula is C17H17NO2. The van der Waals surface area contributed by atoms with Gasteiger partial charge in [0.2, 0.25) is 0 Å². The number of nitrogens with zero attached hydrogens (tertiary/aromatic N) is 1. The Kier molecular flexibility index (Phi) is 3.18. The van der Waals surface area contributed by atoms with Gasteiger partial charge in [-0.2, -0.15) is 0 Å². The molecule has 20 heavy (non-hydrogen) atoms. The van der Waals surface area contributed by atoms with E-state index in [-0.39, 0.29) is 0 Å². The molecular weight excluding hydrogens is 250 g/mol. The van der Waals surface area contributed by atoms with E-state index in [9.17, 15) is 4.79 Å². The molecule has 0 radical (unpaired) electrons. The summed E-state index contributed by atoms with van der Waals surface area (Å²) in [6.45, 7) is 3.96. The predicted octanol–water partition coefficient (Wildman–Crippen LogP) is 3.30. The van der Waals surface area contributed by atoms with Gasteiger partial charge in [0.05, 0.1) is 5.56 Å². The van der Waals surface area contributed by atoms with Crippen LogP contribution in [0.3, 0.4) is 0 Å². The number of rotatable bonds is 3. The Bertz CT molecular complexity index is 631. The first kappa shape index (κ1) is 12.7. The van der Waals surface area contributed by atoms with Crippen LogP contribution in [-0.2, 0) is 0 Å². The Balaban J connectivity index is 1.73. The van der Waals surface area contributed by atoms with Gasteiger partial charge in [-0.25, -0.2) is 4.79 Å². The van der Waals surface area contributed by atoms with Crippen molar-refractivity contribution in [1.29, 1.82) is 0 Å². The molecule has 0 bridgehead atoms. The number of carbonyl (C=O) groups is 1. The maximum Gasteiger partial charge on any atom is 0.335 e. The molecule has 0 spiro atoms. The van der Waals surface area contributed by atoms with Crippen molar-refractivity contribution in [2.75, 3.05) is 18.0 Å². The number of aromatic carboxylic acids is 1. The van der Waals surface area contributed by atoms with Gasteiger partial charge in [0.25, 0.3) is 0 Å². The lowest BCUT2D eigenvalue weighted by Crippen LogP contribution is -2.45. The van der Waals surface area contributed by atoms with Gasteiger partial charge in [0, 0.05) is 24.7 Å². The van der Waals surface area contributed by atoms with E-state index < -0.39 is 5.97 Å². The molecule has 1 aliphatic rings. The molecule has 102 valence electrons. The van der Waals surface area contributed by atoms with Crippen molar-refractivity contribution in [3.63, 3.8) is 0 Å². The highest BCUT2D eigenvalue weighted by molar-refractivity contribution is 5.88. The molecule has 2 aromatic carbocycles. The highest BCUT2D eigenvalue weighted by Gasteiger charge is 2.28. The average Bonchev–Trinajstić information content (AvgIpc) is 2.40. The second-order valence-corrected chi connectivity index (χ2v) is 5.32. The zero-order chi connectivity index (χ0) is 14.1. The third-order valence-electron chi connectivity index (χ3n) is 3.94. The van der Waals surface area contributed by atoms with Crippen molar-refractivity contribution in [1.82, 2.24) is 0 Å². The second kappa shape index (κ2) is 5.00. The summed E-state index contributed by atoms with van der Waals surface area (Å²) in [5, 5.41) is 8.99. The Morgan fingerprint density at radius 1 is 1.15 bits per heavy atom. The van der Waals surface area contributed by atoms with Crippen LogP contribution in [-0.4, -0.2) is 24.2 Å². The molecule has 1 fully saturated rings. The van der Waals surface area contributed by atoms with Crippen molar-refractivity contribution in [2.24, 2.45) is 0 Å². The number of anilines is 1. The minimum atomic E-state index is -0.870. The van der Waals surface area contributed by atoms with Crippen LogP contribution >= 0.6 is 0 Å². The highest BCUT2D eigenvalue weighted by atomic mass is 16.4. The normalized spacial score (nSPS) is 14.9. The Morgan fingerprint density at radius 3 is 2.45 bits per heavy atom. The molecule has 0 aromatic heterocycles. The molecule has 1 saturated heterocycles. The quantitative estimate of drug-likeness (QED) is 0.927. The van der Waals surface area contributed by atoms with Gasteiger partial charge < -0.3 is 10.0 Å². The van der Waals surface area contributed by atoms with E-state index in [1.165, 1.54) is 5.56 Å². The molecule has 0 unspecified atom stereocenters. The topological polar surface area (TPSA) is 40.5 Å². The number of carboxylic acid groups (broad SMARTS) is 1. The summed E-state index contributed by atoms with van der Waals surface area (Å²) < 4.78 is 0. The van der Waals surface area contributed by atoms with Gasteiger partial charge in [0.1, 0.15) is 0 Å². The van der Waals surface area contributed by atoms with Crippen LogP contribution in [0.15, 0.2) is 48.5 Å². The van der Waals surface area contributed by atoms with E-state index in [2.05, 4.69) is 29.2 Å². The smallest absolute Gasteiger partial charge is 0.335 e. The first-order valence-electron chi connectivity index (χ1n) is 6.79. The summed E-state index contributed by atoms with van der Waals surface area (Å²) in [5.74, 6) is -0.292. The minimum Gasteiger partial charge on any atom is -0.478 e. The number of carboxylic acids is 1. The molecule has 3 rings (SSSR count). The van der Waals surface area contributed by atoms with Crippen LogP contribution in [0, 0.1) is 6.92 Å². The number of hydrogen-bond donors (Lipinski definition) is 1. The van der Waals surface area contributed by atoms with Crippen molar-refractivity contribution in [2.45, 2.75) is 12.8 Å². The zero-order valence-corrected chi connectivity index (χ0v) is 11.4. The number of hydrogen-bond acceptors (Lipinski definition) is 2. The largest absolute Gasteiger partial charge is 0.478 e. The SMILES string of the molecule is Cc1cc(C(=O)O)ccc1N1CC(c2ccccc2)C1. The van der Waals surface area contributed by atoms with E-state index in [4.69, 9.17) is 5.11 Å². The van der Waals surface area contributed by atoms with Crippen molar-refractivity contribution in [3.05, 3.63) is 65.2 Å². The highest BCUT2D eigenvalue weighted by Crippen LogP contribution is 2.33. The van der Waals surface area contributed by atoms with Crippen molar-refractivity contribution in [3.8, 4) is 0 Å². The van der Waals surface area contributed by atoms with Crippen molar-refractivity contribution < 1.29 is 9.90 Å². The van der Waals surface area contributed by atoms with E-state index in [1.807, 2.05) is 19.1 Å². The van der Waals surface area contributed by atoms with Gasteiger partial charge in [-0.1, -0.05) is 30.3 Å². The molecule has 1 aliphatic heterocycles. The molecule has 3 heteroatoms. The monoisotopic (exact) mass is 267 g/mol. The maximum absolute atomic E-state index is 10.9. The summed E-state index contributed by atoms with van der Waals surface area (Å²) in [7, 11) is 0. The lowest BCUT2D eigenvalue weighted by molar-refractivity contribution is 0.0697. The summed E-state index contributed by atoms with van der Waals surface area (Å²) in [4.78, 5) is 13.2. The molecule has 0 aliphatic carbocycles. The zero-order valence-electron chi connectivity index (χ0n) is 11.4. The third-order valence-corrected chi connectivity index (χ3v) is 3.94. The lowest BCUT2D eigenvalue weighted by atomic mass is 9.90. The van der Waals surface area contributed by atoms with Crippen molar-refractivity contribution >= 4 is 11.7 Å². The second-order valence-electron chi connectivity index (χ2n) is 5.32. The molecule has 2 aromatic rings. The Morgan fingerprint density at radius 2 is 1.85 bits per heavy atom. The lowest BCUT2D eigenvalue weighted by Gasteiger charge is -2.42. The first-order chi connectivity index (χ1) is 9.65. The molecule has 0 amide bonds. The predicted molar refractivity (Wildman–Crippen MR) is 79.5 cm³/mol. The standard InChI is InChI=1S/C17H17NO2/c1-12-9-14(17(19)20)7-8-16(12)18-10-15(11-18)13-5-3-2-4-6-13/h2-9,15H,10-11H2,1H3,(H,19,20). The van der Waals surface area contributed by atoms with Gasteiger partial charge in [-0.3, -0.25) is 0 Å². The van der Waals surface area contributed by atoms with E-state index in [0.717, 1.165) is 24.3 Å². The molecule has 3 nitrogen and oxygen atoms in total. The van der Waals surface area contributed by atoms with Gasteiger partial charge in [0.15, 0.2) is 0 Å². The van der Waals surface area contributed by atoms with Crippen LogP contribution in [0.5, 0.6) is 0 Å². The Labute approximate surface area is 118 Å². The first-order valence-corrected chi connectivity index (χ1v) is 6.79. The van der Waals surface area contributed by atoms with Gasteiger partial charge in [-0.15, -0.1) is 0 Å². The molecule has 0 atom stereocenters. The molecule has 1 heterocycles. The Hall–Kier alpha value is -2.29. The fraction of sp³-hybridized carbons (Fsp3) is 0.235. The maximum atomic E-state index is 10.9. The molecule has 1 N–H and O–H groups in total. The van der Waals surface area contributed by atoms with E-state index in [1.54, 1.807) is 12.1 Å². The van der Waals surface area contributed by atoms with E-state index in [0.29, 0.717) is 11.5 Å². The fourth-order valence-corrected chi connectivity index (χ4v) is 2.75. The van der Waals surface area contributed by atoms with Gasteiger partial charge in [-0.05, 0) is 36.2 Å². The molecule has 0 saturated carbocycles. The summed E-state index contributed by atoms with van der Waals surface area (Å²) >= 11 is 0.